The molecule has 2 aromatic carbocycles. The Labute approximate surface area is 149 Å². The van der Waals surface area contributed by atoms with E-state index < -0.39 is 0 Å². The van der Waals surface area contributed by atoms with Crippen LogP contribution in [0.25, 0.3) is 22.2 Å². The SMILES string of the molecule is NCCCCc1c(-c2ccc(I)cc2)[nH]c2ccc(Cl)cc12. The number of H-pyrrole nitrogens is 1. The summed E-state index contributed by atoms with van der Waals surface area (Å²) in [5.74, 6) is 0. The molecule has 0 amide bonds. The summed E-state index contributed by atoms with van der Waals surface area (Å²) >= 11 is 8.52. The zero-order valence-corrected chi connectivity index (χ0v) is 15.1. The Morgan fingerprint density at radius 2 is 1.82 bits per heavy atom. The van der Waals surface area contributed by atoms with Crippen molar-refractivity contribution in [3.05, 3.63) is 56.6 Å². The number of hydrogen-bond acceptors (Lipinski definition) is 1. The van der Waals surface area contributed by atoms with Crippen molar-refractivity contribution in [1.82, 2.24) is 4.98 Å². The van der Waals surface area contributed by atoms with Gasteiger partial charge in [0.05, 0.1) is 0 Å². The van der Waals surface area contributed by atoms with Gasteiger partial charge in [-0.05, 0) is 89.9 Å². The normalized spacial score (nSPS) is 11.2. The van der Waals surface area contributed by atoms with Crippen molar-refractivity contribution in [2.45, 2.75) is 19.3 Å². The number of benzene rings is 2. The Hall–Kier alpha value is -1.04. The van der Waals surface area contributed by atoms with Crippen LogP contribution in [-0.2, 0) is 6.42 Å². The fourth-order valence-corrected chi connectivity index (χ4v) is 3.32. The third-order valence-corrected chi connectivity index (χ3v) is 4.84. The Kier molecular flexibility index (Phi) is 5.06. The molecule has 0 atom stereocenters. The molecule has 3 aromatic rings. The molecule has 0 saturated heterocycles. The van der Waals surface area contributed by atoms with E-state index in [-0.39, 0.29) is 0 Å². The van der Waals surface area contributed by atoms with Crippen molar-refractivity contribution in [2.24, 2.45) is 5.73 Å². The van der Waals surface area contributed by atoms with Gasteiger partial charge in [0, 0.05) is 25.2 Å². The van der Waals surface area contributed by atoms with Crippen molar-refractivity contribution >= 4 is 45.1 Å². The first kappa shape index (κ1) is 15.8. The maximum Gasteiger partial charge on any atom is 0.0497 e. The van der Waals surface area contributed by atoms with Crippen LogP contribution in [0.5, 0.6) is 0 Å². The largest absolute Gasteiger partial charge is 0.354 e. The second-order valence-electron chi connectivity index (χ2n) is 5.42. The van der Waals surface area contributed by atoms with Crippen LogP contribution in [0.15, 0.2) is 42.5 Å². The topological polar surface area (TPSA) is 41.8 Å². The molecule has 4 heteroatoms. The maximum atomic E-state index is 6.19. The summed E-state index contributed by atoms with van der Waals surface area (Å²) in [5, 5.41) is 2.00. The van der Waals surface area contributed by atoms with Crippen molar-refractivity contribution in [3.63, 3.8) is 0 Å². The van der Waals surface area contributed by atoms with Gasteiger partial charge in [0.1, 0.15) is 0 Å². The Morgan fingerprint density at radius 1 is 1.05 bits per heavy atom. The van der Waals surface area contributed by atoms with Crippen LogP contribution in [0.3, 0.4) is 0 Å². The molecular weight excluding hydrogens is 407 g/mol. The van der Waals surface area contributed by atoms with Gasteiger partial charge in [0.15, 0.2) is 0 Å². The summed E-state index contributed by atoms with van der Waals surface area (Å²) in [6.45, 7) is 0.738. The van der Waals surface area contributed by atoms with E-state index in [0.29, 0.717) is 0 Å². The predicted octanol–water partition coefficient (Wildman–Crippen LogP) is 5.37. The van der Waals surface area contributed by atoms with E-state index in [1.54, 1.807) is 0 Å². The summed E-state index contributed by atoms with van der Waals surface area (Å²) in [5.41, 5.74) is 10.5. The maximum absolute atomic E-state index is 6.19. The highest BCUT2D eigenvalue weighted by atomic mass is 127. The minimum atomic E-state index is 0.738. The lowest BCUT2D eigenvalue weighted by Gasteiger charge is -2.05. The van der Waals surface area contributed by atoms with Gasteiger partial charge in [0.2, 0.25) is 0 Å². The minimum absolute atomic E-state index is 0.738. The molecule has 0 fully saturated rings. The summed E-state index contributed by atoms with van der Waals surface area (Å²) in [4.78, 5) is 3.56. The molecule has 3 rings (SSSR count). The van der Waals surface area contributed by atoms with E-state index in [2.05, 4.69) is 64.0 Å². The molecule has 3 N–H and O–H groups in total. The lowest BCUT2D eigenvalue weighted by molar-refractivity contribution is 0.748. The van der Waals surface area contributed by atoms with E-state index in [4.69, 9.17) is 17.3 Å². The minimum Gasteiger partial charge on any atom is -0.354 e. The number of halogens is 2. The Balaban J connectivity index is 2.10. The fraction of sp³-hybridized carbons (Fsp3) is 0.222. The number of aryl methyl sites for hydroxylation is 1. The smallest absolute Gasteiger partial charge is 0.0497 e. The number of hydrogen-bond donors (Lipinski definition) is 2. The second-order valence-corrected chi connectivity index (χ2v) is 7.10. The third kappa shape index (κ3) is 3.31. The highest BCUT2D eigenvalue weighted by molar-refractivity contribution is 14.1. The van der Waals surface area contributed by atoms with Crippen LogP contribution in [0.2, 0.25) is 5.02 Å². The summed E-state index contributed by atoms with van der Waals surface area (Å²) in [7, 11) is 0. The number of aromatic amines is 1. The summed E-state index contributed by atoms with van der Waals surface area (Å²) < 4.78 is 1.24. The monoisotopic (exact) mass is 424 g/mol. The second kappa shape index (κ2) is 7.02. The summed E-state index contributed by atoms with van der Waals surface area (Å²) in [6.07, 6.45) is 3.14. The molecular formula is C18H18ClIN2. The van der Waals surface area contributed by atoms with E-state index >= 15 is 0 Å². The first-order valence-corrected chi connectivity index (χ1v) is 8.91. The Bertz CT molecular complexity index is 778. The molecule has 0 aliphatic heterocycles. The average molecular weight is 425 g/mol. The average Bonchev–Trinajstić information content (AvgIpc) is 2.86. The van der Waals surface area contributed by atoms with Gasteiger partial charge in [-0.2, -0.15) is 0 Å². The lowest BCUT2D eigenvalue weighted by Crippen LogP contribution is -1.99. The number of aromatic nitrogens is 1. The predicted molar refractivity (Wildman–Crippen MR) is 103 cm³/mol. The third-order valence-electron chi connectivity index (χ3n) is 3.88. The quantitative estimate of drug-likeness (QED) is 0.419. The van der Waals surface area contributed by atoms with Gasteiger partial charge in [-0.1, -0.05) is 23.7 Å². The first-order chi connectivity index (χ1) is 10.7. The molecule has 22 heavy (non-hydrogen) atoms. The van der Waals surface area contributed by atoms with E-state index in [9.17, 15) is 0 Å². The van der Waals surface area contributed by atoms with E-state index in [1.165, 1.54) is 25.8 Å². The van der Waals surface area contributed by atoms with Crippen LogP contribution in [0.1, 0.15) is 18.4 Å². The van der Waals surface area contributed by atoms with Crippen LogP contribution < -0.4 is 5.73 Å². The summed E-state index contributed by atoms with van der Waals surface area (Å²) in [6, 6.07) is 14.7. The zero-order chi connectivity index (χ0) is 15.5. The van der Waals surface area contributed by atoms with Gasteiger partial charge in [-0.15, -0.1) is 0 Å². The van der Waals surface area contributed by atoms with Gasteiger partial charge < -0.3 is 10.7 Å². The van der Waals surface area contributed by atoms with Gasteiger partial charge >= 0.3 is 0 Å². The number of fused-ring (bicyclic) bond motifs is 1. The highest BCUT2D eigenvalue weighted by Gasteiger charge is 2.13. The van der Waals surface area contributed by atoms with E-state index in [0.717, 1.165) is 36.3 Å². The molecule has 0 saturated carbocycles. The van der Waals surface area contributed by atoms with Crippen LogP contribution >= 0.6 is 34.2 Å². The number of nitrogens with one attached hydrogen (secondary N) is 1. The van der Waals surface area contributed by atoms with Crippen molar-refractivity contribution < 1.29 is 0 Å². The molecule has 0 aliphatic rings. The fourth-order valence-electron chi connectivity index (χ4n) is 2.79. The Morgan fingerprint density at radius 3 is 2.55 bits per heavy atom. The molecule has 1 aromatic heterocycles. The molecule has 0 unspecified atom stereocenters. The van der Waals surface area contributed by atoms with Crippen molar-refractivity contribution in [1.29, 1.82) is 0 Å². The van der Waals surface area contributed by atoms with Crippen molar-refractivity contribution in [3.8, 4) is 11.3 Å². The highest BCUT2D eigenvalue weighted by Crippen LogP contribution is 2.33. The molecule has 0 bridgehead atoms. The molecule has 1 heterocycles. The number of nitrogens with two attached hydrogens (primary N) is 1. The van der Waals surface area contributed by atoms with E-state index in [1.807, 2.05) is 6.07 Å². The van der Waals surface area contributed by atoms with Crippen LogP contribution in [-0.4, -0.2) is 11.5 Å². The van der Waals surface area contributed by atoms with Gasteiger partial charge in [-0.3, -0.25) is 0 Å². The molecule has 0 aliphatic carbocycles. The molecule has 0 radical (unpaired) electrons. The zero-order valence-electron chi connectivity index (χ0n) is 12.2. The van der Waals surface area contributed by atoms with Gasteiger partial charge in [0.25, 0.3) is 0 Å². The number of rotatable bonds is 5. The standard InChI is InChI=1S/C18H18ClIN2/c19-13-6-9-17-16(11-13)15(3-1-2-10-21)18(22-17)12-4-7-14(20)8-5-12/h4-9,11,22H,1-3,10,21H2. The number of unbranched alkanes of at least 4 members (excludes halogenated alkanes) is 1. The molecule has 2 nitrogen and oxygen atoms in total. The van der Waals surface area contributed by atoms with Crippen LogP contribution in [0, 0.1) is 3.57 Å². The first-order valence-electron chi connectivity index (χ1n) is 7.45. The van der Waals surface area contributed by atoms with Gasteiger partial charge in [-0.25, -0.2) is 0 Å². The lowest BCUT2D eigenvalue weighted by atomic mass is 10.0. The molecule has 0 spiro atoms. The molecule has 114 valence electrons. The van der Waals surface area contributed by atoms with Crippen LogP contribution in [0.4, 0.5) is 0 Å². The van der Waals surface area contributed by atoms with Crippen molar-refractivity contribution in [2.75, 3.05) is 6.54 Å².